The van der Waals surface area contributed by atoms with Crippen molar-refractivity contribution < 1.29 is 9.47 Å². The average Bonchev–Trinajstić information content (AvgIpc) is 2.55. The quantitative estimate of drug-likeness (QED) is 0.700. The average molecular weight is 291 g/mol. The molecule has 21 heavy (non-hydrogen) atoms. The van der Waals surface area contributed by atoms with Crippen LogP contribution in [0, 0.1) is 0 Å². The topological polar surface area (TPSA) is 30.5 Å². The molecule has 0 atom stereocenters. The van der Waals surface area contributed by atoms with E-state index in [1.54, 1.807) is 0 Å². The molecule has 0 amide bonds. The molecule has 2 rings (SSSR count). The third-order valence-electron chi connectivity index (χ3n) is 3.91. The van der Waals surface area contributed by atoms with Gasteiger partial charge in [-0.1, -0.05) is 38.3 Å². The molecule has 0 saturated heterocycles. The summed E-state index contributed by atoms with van der Waals surface area (Å²) >= 11 is 0. The zero-order valence-electron chi connectivity index (χ0n) is 13.3. The molecule has 0 unspecified atom stereocenters. The zero-order chi connectivity index (χ0) is 14.8. The summed E-state index contributed by atoms with van der Waals surface area (Å²) in [5, 5.41) is 3.44. The highest BCUT2D eigenvalue weighted by molar-refractivity contribution is 5.27. The predicted octanol–water partition coefficient (Wildman–Crippen LogP) is 3.91. The first-order valence-corrected chi connectivity index (χ1v) is 8.42. The first-order valence-electron chi connectivity index (χ1n) is 8.42. The van der Waals surface area contributed by atoms with Crippen LogP contribution in [-0.2, 0) is 11.3 Å². The van der Waals surface area contributed by atoms with E-state index in [9.17, 15) is 0 Å². The summed E-state index contributed by atoms with van der Waals surface area (Å²) in [4.78, 5) is 0. The molecule has 3 nitrogen and oxygen atoms in total. The van der Waals surface area contributed by atoms with E-state index in [-0.39, 0.29) is 0 Å². The number of benzene rings is 1. The second kappa shape index (κ2) is 9.80. The van der Waals surface area contributed by atoms with Gasteiger partial charge in [0.1, 0.15) is 5.75 Å². The smallest absolute Gasteiger partial charge is 0.119 e. The minimum atomic E-state index is 0.510. The monoisotopic (exact) mass is 291 g/mol. The molecule has 1 saturated carbocycles. The second-order valence-electron chi connectivity index (χ2n) is 5.80. The summed E-state index contributed by atoms with van der Waals surface area (Å²) in [6, 6.07) is 8.34. The minimum Gasteiger partial charge on any atom is -0.494 e. The Hall–Kier alpha value is -1.06. The summed E-state index contributed by atoms with van der Waals surface area (Å²) < 4.78 is 11.5. The lowest BCUT2D eigenvalue weighted by molar-refractivity contribution is 0.0302. The lowest BCUT2D eigenvalue weighted by atomic mass is 9.98. The van der Waals surface area contributed by atoms with Crippen LogP contribution >= 0.6 is 0 Å². The van der Waals surface area contributed by atoms with Gasteiger partial charge in [-0.25, -0.2) is 0 Å². The van der Waals surface area contributed by atoms with Crippen molar-refractivity contribution in [3.63, 3.8) is 0 Å². The lowest BCUT2D eigenvalue weighted by Gasteiger charge is -2.22. The molecule has 0 bridgehead atoms. The van der Waals surface area contributed by atoms with E-state index in [2.05, 4.69) is 24.4 Å². The Morgan fingerprint density at radius 3 is 2.52 bits per heavy atom. The van der Waals surface area contributed by atoms with Crippen molar-refractivity contribution in [1.82, 2.24) is 5.32 Å². The van der Waals surface area contributed by atoms with Crippen molar-refractivity contribution in [3.05, 3.63) is 29.8 Å². The van der Waals surface area contributed by atoms with Crippen LogP contribution in [0.3, 0.4) is 0 Å². The highest BCUT2D eigenvalue weighted by Crippen LogP contribution is 2.19. The van der Waals surface area contributed by atoms with Gasteiger partial charge in [-0.15, -0.1) is 0 Å². The van der Waals surface area contributed by atoms with Gasteiger partial charge in [-0.2, -0.15) is 0 Å². The SMILES string of the molecule is CCCOc1ccc(CNCCOC2CCCCC2)cc1. The minimum absolute atomic E-state index is 0.510. The maximum atomic E-state index is 5.90. The van der Waals surface area contributed by atoms with Crippen LogP contribution in [0.4, 0.5) is 0 Å². The van der Waals surface area contributed by atoms with Gasteiger partial charge < -0.3 is 14.8 Å². The summed E-state index contributed by atoms with van der Waals surface area (Å²) in [6.45, 7) is 5.54. The highest BCUT2D eigenvalue weighted by atomic mass is 16.5. The van der Waals surface area contributed by atoms with E-state index in [4.69, 9.17) is 9.47 Å². The van der Waals surface area contributed by atoms with Gasteiger partial charge >= 0.3 is 0 Å². The highest BCUT2D eigenvalue weighted by Gasteiger charge is 2.12. The third kappa shape index (κ3) is 6.49. The van der Waals surface area contributed by atoms with Crippen molar-refractivity contribution >= 4 is 0 Å². The van der Waals surface area contributed by atoms with Crippen molar-refractivity contribution in [2.75, 3.05) is 19.8 Å². The molecule has 118 valence electrons. The molecule has 0 aliphatic heterocycles. The van der Waals surface area contributed by atoms with Crippen LogP contribution in [0.25, 0.3) is 0 Å². The molecule has 1 aliphatic rings. The van der Waals surface area contributed by atoms with Crippen molar-refractivity contribution in [3.8, 4) is 5.75 Å². The number of nitrogens with one attached hydrogen (secondary N) is 1. The maximum absolute atomic E-state index is 5.90. The van der Waals surface area contributed by atoms with Crippen LogP contribution in [0.2, 0.25) is 0 Å². The Bertz CT molecular complexity index is 371. The van der Waals surface area contributed by atoms with Gasteiger partial charge in [0, 0.05) is 13.1 Å². The van der Waals surface area contributed by atoms with Crippen LogP contribution in [0.15, 0.2) is 24.3 Å². The fourth-order valence-corrected chi connectivity index (χ4v) is 2.69. The molecule has 3 heteroatoms. The Kier molecular flexibility index (Phi) is 7.61. The van der Waals surface area contributed by atoms with E-state index in [1.165, 1.54) is 37.7 Å². The van der Waals surface area contributed by atoms with Gasteiger partial charge in [-0.3, -0.25) is 0 Å². The summed E-state index contributed by atoms with van der Waals surface area (Å²) in [5.74, 6) is 0.959. The van der Waals surface area contributed by atoms with Crippen molar-refractivity contribution in [1.29, 1.82) is 0 Å². The fourth-order valence-electron chi connectivity index (χ4n) is 2.69. The molecule has 1 aliphatic carbocycles. The van der Waals surface area contributed by atoms with E-state index >= 15 is 0 Å². The van der Waals surface area contributed by atoms with Crippen LogP contribution in [-0.4, -0.2) is 25.9 Å². The van der Waals surface area contributed by atoms with Gasteiger partial charge in [0.05, 0.1) is 19.3 Å². The van der Waals surface area contributed by atoms with Gasteiger partial charge in [0.2, 0.25) is 0 Å². The van der Waals surface area contributed by atoms with Crippen molar-refractivity contribution in [2.45, 2.75) is 58.1 Å². The van der Waals surface area contributed by atoms with Crippen LogP contribution in [0.5, 0.6) is 5.75 Å². The molecule has 0 radical (unpaired) electrons. The Balaban J connectivity index is 1.55. The Labute approximate surface area is 129 Å². The molecular formula is C18H29NO2. The number of rotatable bonds is 9. The Morgan fingerprint density at radius 2 is 1.81 bits per heavy atom. The molecule has 1 fully saturated rings. The molecule has 0 heterocycles. The van der Waals surface area contributed by atoms with Gasteiger partial charge in [0.25, 0.3) is 0 Å². The molecule has 1 aromatic carbocycles. The zero-order valence-corrected chi connectivity index (χ0v) is 13.3. The predicted molar refractivity (Wildman–Crippen MR) is 86.8 cm³/mol. The third-order valence-corrected chi connectivity index (χ3v) is 3.91. The summed E-state index contributed by atoms with van der Waals surface area (Å²) in [7, 11) is 0. The molecule has 0 spiro atoms. The first kappa shape index (κ1) is 16.3. The largest absolute Gasteiger partial charge is 0.494 e. The maximum Gasteiger partial charge on any atom is 0.119 e. The number of hydrogen-bond acceptors (Lipinski definition) is 3. The molecular weight excluding hydrogens is 262 g/mol. The fraction of sp³-hybridized carbons (Fsp3) is 0.667. The second-order valence-corrected chi connectivity index (χ2v) is 5.80. The first-order chi connectivity index (χ1) is 10.4. The van der Waals surface area contributed by atoms with Crippen LogP contribution in [0.1, 0.15) is 51.0 Å². The molecule has 1 N–H and O–H groups in total. The van der Waals surface area contributed by atoms with Crippen molar-refractivity contribution in [2.24, 2.45) is 0 Å². The normalized spacial score (nSPS) is 16.0. The Morgan fingerprint density at radius 1 is 1.05 bits per heavy atom. The van der Waals surface area contributed by atoms with E-state index in [0.29, 0.717) is 6.10 Å². The summed E-state index contributed by atoms with van der Waals surface area (Å²) in [6.07, 6.45) is 8.11. The van der Waals surface area contributed by atoms with Gasteiger partial charge in [-0.05, 0) is 37.0 Å². The van der Waals surface area contributed by atoms with Gasteiger partial charge in [0.15, 0.2) is 0 Å². The van der Waals surface area contributed by atoms with E-state index in [0.717, 1.165) is 38.5 Å². The van der Waals surface area contributed by atoms with Crippen LogP contribution < -0.4 is 10.1 Å². The molecule has 1 aromatic rings. The number of ether oxygens (including phenoxy) is 2. The lowest BCUT2D eigenvalue weighted by Crippen LogP contribution is -2.24. The standard InChI is InChI=1S/C18H29NO2/c1-2-13-20-18-10-8-16(9-11-18)15-19-12-14-21-17-6-4-3-5-7-17/h8-11,17,19H,2-7,12-15H2,1H3. The number of hydrogen-bond donors (Lipinski definition) is 1. The summed E-state index contributed by atoms with van der Waals surface area (Å²) in [5.41, 5.74) is 1.29. The molecule has 0 aromatic heterocycles. The van der Waals surface area contributed by atoms with E-state index < -0.39 is 0 Å². The van der Waals surface area contributed by atoms with E-state index in [1.807, 2.05) is 12.1 Å².